The Kier molecular flexibility index (Phi) is 8.79. The lowest BCUT2D eigenvalue weighted by molar-refractivity contribution is -0.140. The summed E-state index contributed by atoms with van der Waals surface area (Å²) in [5.74, 6) is 0.556. The van der Waals surface area contributed by atoms with Gasteiger partial charge in [0.05, 0.1) is 13.7 Å². The predicted molar refractivity (Wildman–Crippen MR) is 78.8 cm³/mol. The average Bonchev–Trinajstić information content (AvgIpc) is 2.37. The second-order valence-corrected chi connectivity index (χ2v) is 4.14. The van der Waals surface area contributed by atoms with Crippen molar-refractivity contribution in [2.75, 3.05) is 19.5 Å². The molecular formula is C14H22ClNO3. The minimum Gasteiger partial charge on any atom is -0.494 e. The summed E-state index contributed by atoms with van der Waals surface area (Å²) >= 11 is 0. The van der Waals surface area contributed by atoms with Crippen molar-refractivity contribution < 1.29 is 14.3 Å². The van der Waals surface area contributed by atoms with Gasteiger partial charge < -0.3 is 15.2 Å². The summed E-state index contributed by atoms with van der Waals surface area (Å²) in [7, 11) is 1.39. The highest BCUT2D eigenvalue weighted by atomic mass is 35.5. The van der Waals surface area contributed by atoms with Crippen LogP contribution in [0.3, 0.4) is 0 Å². The minimum absolute atomic E-state index is 0. The topological polar surface area (TPSA) is 61.5 Å². The number of halogens is 1. The van der Waals surface area contributed by atoms with E-state index in [2.05, 4.69) is 11.7 Å². The number of ether oxygens (including phenoxy) is 2. The van der Waals surface area contributed by atoms with Gasteiger partial charge in [-0.1, -0.05) is 19.4 Å². The fourth-order valence-electron chi connectivity index (χ4n) is 1.56. The second kappa shape index (κ2) is 9.50. The van der Waals surface area contributed by atoms with Crippen LogP contribution in [0.2, 0.25) is 0 Å². The fraction of sp³-hybridized carbons (Fsp3) is 0.500. The van der Waals surface area contributed by atoms with E-state index in [0.29, 0.717) is 25.1 Å². The van der Waals surface area contributed by atoms with Gasteiger partial charge in [-0.2, -0.15) is 0 Å². The van der Waals surface area contributed by atoms with Crippen molar-refractivity contribution in [1.82, 2.24) is 0 Å². The van der Waals surface area contributed by atoms with Crippen LogP contribution in [0.4, 0.5) is 5.69 Å². The lowest BCUT2D eigenvalue weighted by Gasteiger charge is -2.09. The van der Waals surface area contributed by atoms with E-state index in [1.165, 1.54) is 7.11 Å². The lowest BCUT2D eigenvalue weighted by atomic mass is 10.1. The molecule has 5 heteroatoms. The van der Waals surface area contributed by atoms with Crippen molar-refractivity contribution in [3.63, 3.8) is 0 Å². The Morgan fingerprint density at radius 3 is 2.68 bits per heavy atom. The van der Waals surface area contributed by atoms with Crippen LogP contribution in [0.5, 0.6) is 5.75 Å². The van der Waals surface area contributed by atoms with Crippen molar-refractivity contribution in [2.45, 2.75) is 32.6 Å². The molecule has 0 bridgehead atoms. The Hall–Kier alpha value is -1.42. The largest absolute Gasteiger partial charge is 0.494 e. The Bertz CT molecular complexity index is 396. The first-order valence-electron chi connectivity index (χ1n) is 6.25. The van der Waals surface area contributed by atoms with E-state index in [1.807, 2.05) is 18.2 Å². The summed E-state index contributed by atoms with van der Waals surface area (Å²) in [4.78, 5) is 11.1. The van der Waals surface area contributed by atoms with E-state index < -0.39 is 0 Å². The maximum Gasteiger partial charge on any atom is 0.305 e. The van der Waals surface area contributed by atoms with Crippen molar-refractivity contribution in [3.05, 3.63) is 23.8 Å². The molecule has 0 saturated carbocycles. The number of carbonyl (C=O) groups is 1. The number of hydrogen-bond donors (Lipinski definition) is 1. The number of aryl methyl sites for hydroxylation is 1. The van der Waals surface area contributed by atoms with Crippen LogP contribution in [0.1, 0.15) is 31.7 Å². The number of anilines is 1. The van der Waals surface area contributed by atoms with E-state index in [9.17, 15) is 4.79 Å². The molecule has 0 fully saturated rings. The fourth-order valence-corrected chi connectivity index (χ4v) is 1.56. The zero-order valence-corrected chi connectivity index (χ0v) is 12.3. The highest BCUT2D eigenvalue weighted by Crippen LogP contribution is 2.21. The van der Waals surface area contributed by atoms with Crippen LogP contribution >= 0.6 is 12.4 Å². The first kappa shape index (κ1) is 17.6. The average molecular weight is 288 g/mol. The molecule has 0 radical (unpaired) electrons. The number of esters is 1. The predicted octanol–water partition coefficient (Wildman–Crippen LogP) is 2.98. The molecule has 0 atom stereocenters. The molecule has 0 heterocycles. The van der Waals surface area contributed by atoms with Gasteiger partial charge in [-0.05, 0) is 24.5 Å². The van der Waals surface area contributed by atoms with Crippen LogP contribution in [-0.2, 0) is 16.0 Å². The first-order chi connectivity index (χ1) is 8.67. The number of carbonyl (C=O) groups excluding carboxylic acids is 1. The molecule has 0 aliphatic carbocycles. The molecular weight excluding hydrogens is 266 g/mol. The van der Waals surface area contributed by atoms with Gasteiger partial charge in [0, 0.05) is 18.2 Å². The molecule has 0 saturated heterocycles. The van der Waals surface area contributed by atoms with Gasteiger partial charge in [-0.3, -0.25) is 4.79 Å². The zero-order valence-electron chi connectivity index (χ0n) is 11.5. The Morgan fingerprint density at radius 2 is 2.11 bits per heavy atom. The summed E-state index contributed by atoms with van der Waals surface area (Å²) in [5, 5.41) is 0. The van der Waals surface area contributed by atoms with Crippen LogP contribution in [0.15, 0.2) is 18.2 Å². The maximum atomic E-state index is 11.1. The maximum absolute atomic E-state index is 11.1. The zero-order chi connectivity index (χ0) is 13.4. The molecule has 1 aromatic rings. The van der Waals surface area contributed by atoms with Gasteiger partial charge in [0.15, 0.2) is 0 Å². The third kappa shape index (κ3) is 6.34. The van der Waals surface area contributed by atoms with Gasteiger partial charge in [0.1, 0.15) is 5.75 Å². The van der Waals surface area contributed by atoms with E-state index in [0.717, 1.165) is 24.2 Å². The molecule has 2 N–H and O–H groups in total. The normalized spacial score (nSPS) is 9.58. The number of hydrogen-bond acceptors (Lipinski definition) is 4. The van der Waals surface area contributed by atoms with Crippen molar-refractivity contribution in [2.24, 2.45) is 0 Å². The number of rotatable bonds is 7. The molecule has 0 spiro atoms. The monoisotopic (exact) mass is 287 g/mol. The van der Waals surface area contributed by atoms with E-state index in [1.54, 1.807) is 0 Å². The van der Waals surface area contributed by atoms with Crippen molar-refractivity contribution in [3.8, 4) is 5.75 Å². The summed E-state index contributed by atoms with van der Waals surface area (Å²) in [6.45, 7) is 2.82. The van der Waals surface area contributed by atoms with Gasteiger partial charge in [-0.15, -0.1) is 12.4 Å². The van der Waals surface area contributed by atoms with Gasteiger partial charge in [-0.25, -0.2) is 0 Å². The Labute approximate surface area is 120 Å². The van der Waals surface area contributed by atoms with Crippen LogP contribution in [0.25, 0.3) is 0 Å². The quantitative estimate of drug-likeness (QED) is 0.476. The van der Waals surface area contributed by atoms with E-state index >= 15 is 0 Å². The number of unbranched alkanes of at least 4 members (excludes halogenated alkanes) is 1. The molecule has 4 nitrogen and oxygen atoms in total. The molecule has 0 aromatic heterocycles. The van der Waals surface area contributed by atoms with Gasteiger partial charge in [0.25, 0.3) is 0 Å². The van der Waals surface area contributed by atoms with Crippen molar-refractivity contribution in [1.29, 1.82) is 0 Å². The SMILES string of the molecule is CCCCOc1ccc(CCC(=O)OC)c(N)c1.Cl. The van der Waals surface area contributed by atoms with E-state index in [-0.39, 0.29) is 18.4 Å². The highest BCUT2D eigenvalue weighted by molar-refractivity contribution is 5.85. The number of methoxy groups -OCH3 is 1. The van der Waals surface area contributed by atoms with Gasteiger partial charge >= 0.3 is 5.97 Å². The first-order valence-corrected chi connectivity index (χ1v) is 6.25. The van der Waals surface area contributed by atoms with Gasteiger partial charge in [0.2, 0.25) is 0 Å². The third-order valence-corrected chi connectivity index (χ3v) is 2.71. The standard InChI is InChI=1S/C14H21NO3.ClH/c1-3-4-9-18-12-7-5-11(13(15)10-12)6-8-14(16)17-2;/h5,7,10H,3-4,6,8-9,15H2,1-2H3;1H. The van der Waals surface area contributed by atoms with Crippen LogP contribution in [-0.4, -0.2) is 19.7 Å². The third-order valence-electron chi connectivity index (χ3n) is 2.71. The summed E-state index contributed by atoms with van der Waals surface area (Å²) in [6, 6.07) is 5.60. The summed E-state index contributed by atoms with van der Waals surface area (Å²) < 4.78 is 10.2. The Morgan fingerprint density at radius 1 is 1.37 bits per heavy atom. The highest BCUT2D eigenvalue weighted by Gasteiger charge is 2.05. The minimum atomic E-state index is -0.224. The van der Waals surface area contributed by atoms with E-state index in [4.69, 9.17) is 10.5 Å². The molecule has 0 unspecified atom stereocenters. The Balaban J connectivity index is 0.00000324. The smallest absolute Gasteiger partial charge is 0.305 e. The summed E-state index contributed by atoms with van der Waals surface area (Å²) in [5.41, 5.74) is 7.53. The number of nitrogen functional groups attached to an aromatic ring is 1. The number of benzene rings is 1. The molecule has 0 aliphatic rings. The summed E-state index contributed by atoms with van der Waals surface area (Å²) in [6.07, 6.45) is 3.07. The molecule has 108 valence electrons. The number of nitrogens with two attached hydrogens (primary N) is 1. The van der Waals surface area contributed by atoms with Crippen molar-refractivity contribution >= 4 is 24.1 Å². The molecule has 1 rings (SSSR count). The molecule has 0 aliphatic heterocycles. The molecule has 19 heavy (non-hydrogen) atoms. The molecule has 1 aromatic carbocycles. The van der Waals surface area contributed by atoms with Crippen LogP contribution in [0, 0.1) is 0 Å². The molecule has 0 amide bonds. The lowest BCUT2D eigenvalue weighted by Crippen LogP contribution is -2.04. The second-order valence-electron chi connectivity index (χ2n) is 4.14. The van der Waals surface area contributed by atoms with Crippen LogP contribution < -0.4 is 10.5 Å².